The Morgan fingerprint density at radius 3 is 3.06 bits per heavy atom. The van der Waals surface area contributed by atoms with Gasteiger partial charge in [0.2, 0.25) is 5.88 Å². The minimum Gasteiger partial charge on any atom is -0.474 e. The summed E-state index contributed by atoms with van der Waals surface area (Å²) in [5.74, 6) is 1.94. The second kappa shape index (κ2) is 6.76. The summed E-state index contributed by atoms with van der Waals surface area (Å²) in [5, 5.41) is 0. The van der Waals surface area contributed by atoms with Gasteiger partial charge >= 0.3 is 0 Å². The summed E-state index contributed by atoms with van der Waals surface area (Å²) in [6.45, 7) is 2.26. The van der Waals surface area contributed by atoms with Gasteiger partial charge in [0.15, 0.2) is 0 Å². The highest BCUT2D eigenvalue weighted by Gasteiger charge is 2.23. The Bertz CT molecular complexity index is 399. The standard InChI is InChI=1S/C14H19BrClNO/c1-2-10-4-3-5-13(6-10)18-14-11(8-16)7-12(15)9-17-14/h7,9-10,13H,2-6,8H2,1H3. The van der Waals surface area contributed by atoms with Crippen molar-refractivity contribution in [3.63, 3.8) is 0 Å². The molecule has 2 rings (SSSR count). The number of ether oxygens (including phenoxy) is 1. The Labute approximate surface area is 122 Å². The molecule has 2 atom stereocenters. The smallest absolute Gasteiger partial charge is 0.218 e. The van der Waals surface area contributed by atoms with Gasteiger partial charge in [-0.3, -0.25) is 0 Å². The van der Waals surface area contributed by atoms with Gasteiger partial charge < -0.3 is 4.74 Å². The number of alkyl halides is 1. The van der Waals surface area contributed by atoms with E-state index in [1.54, 1.807) is 6.20 Å². The molecule has 1 aliphatic carbocycles. The van der Waals surface area contributed by atoms with Gasteiger partial charge in [0, 0.05) is 16.2 Å². The SMILES string of the molecule is CCC1CCCC(Oc2ncc(Br)cc2CCl)C1. The molecule has 1 fully saturated rings. The Hall–Kier alpha value is -0.280. The summed E-state index contributed by atoms with van der Waals surface area (Å²) >= 11 is 9.34. The van der Waals surface area contributed by atoms with E-state index in [9.17, 15) is 0 Å². The topological polar surface area (TPSA) is 22.1 Å². The van der Waals surface area contributed by atoms with Crippen molar-refractivity contribution in [3.05, 3.63) is 22.3 Å². The normalized spacial score (nSPS) is 23.9. The van der Waals surface area contributed by atoms with E-state index in [2.05, 4.69) is 27.8 Å². The first-order valence-electron chi connectivity index (χ1n) is 6.60. The molecular formula is C14H19BrClNO. The average Bonchev–Trinajstić information content (AvgIpc) is 2.41. The lowest BCUT2D eigenvalue weighted by atomic mass is 9.85. The molecule has 0 radical (unpaired) electrons. The van der Waals surface area contributed by atoms with E-state index in [-0.39, 0.29) is 0 Å². The second-order valence-electron chi connectivity index (χ2n) is 4.93. The fraction of sp³-hybridized carbons (Fsp3) is 0.643. The number of hydrogen-bond donors (Lipinski definition) is 0. The summed E-state index contributed by atoms with van der Waals surface area (Å²) in [7, 11) is 0. The maximum Gasteiger partial charge on any atom is 0.218 e. The molecular weight excluding hydrogens is 314 g/mol. The highest BCUT2D eigenvalue weighted by atomic mass is 79.9. The first-order chi connectivity index (χ1) is 8.72. The maximum absolute atomic E-state index is 6.05. The Kier molecular flexibility index (Phi) is 5.31. The van der Waals surface area contributed by atoms with Gasteiger partial charge in [-0.2, -0.15) is 0 Å². The summed E-state index contributed by atoms with van der Waals surface area (Å²) in [5.41, 5.74) is 0.963. The monoisotopic (exact) mass is 331 g/mol. The quantitative estimate of drug-likeness (QED) is 0.729. The number of halogens is 2. The maximum atomic E-state index is 6.05. The van der Waals surface area contributed by atoms with Gasteiger partial charge in [0.1, 0.15) is 6.10 Å². The predicted octanol–water partition coefficient (Wildman–Crippen LogP) is 4.93. The lowest BCUT2D eigenvalue weighted by molar-refractivity contribution is 0.116. The third kappa shape index (κ3) is 3.61. The molecule has 4 heteroatoms. The average molecular weight is 333 g/mol. The molecule has 0 amide bonds. The number of aromatic nitrogens is 1. The van der Waals surface area contributed by atoms with Crippen LogP contribution in [0.5, 0.6) is 5.88 Å². The zero-order valence-electron chi connectivity index (χ0n) is 10.7. The van der Waals surface area contributed by atoms with Crippen LogP contribution in [0, 0.1) is 5.92 Å². The van der Waals surface area contributed by atoms with E-state index in [0.29, 0.717) is 17.9 Å². The molecule has 0 bridgehead atoms. The van der Waals surface area contributed by atoms with Crippen molar-refractivity contribution in [1.29, 1.82) is 0 Å². The van der Waals surface area contributed by atoms with Crippen LogP contribution in [-0.2, 0) is 5.88 Å². The van der Waals surface area contributed by atoms with Gasteiger partial charge in [-0.05, 0) is 47.2 Å². The predicted molar refractivity (Wildman–Crippen MR) is 78.2 cm³/mol. The molecule has 0 N–H and O–H groups in total. The molecule has 18 heavy (non-hydrogen) atoms. The van der Waals surface area contributed by atoms with E-state index in [0.717, 1.165) is 28.8 Å². The van der Waals surface area contributed by atoms with Gasteiger partial charge in [-0.1, -0.05) is 19.8 Å². The molecule has 1 saturated carbocycles. The summed E-state index contributed by atoms with van der Waals surface area (Å²) in [4.78, 5) is 4.34. The first kappa shape index (κ1) is 14.1. The van der Waals surface area contributed by atoms with Crippen LogP contribution in [0.4, 0.5) is 0 Å². The van der Waals surface area contributed by atoms with Crippen molar-refractivity contribution in [2.24, 2.45) is 5.92 Å². The molecule has 1 aromatic heterocycles. The van der Waals surface area contributed by atoms with Crippen LogP contribution < -0.4 is 4.74 Å². The van der Waals surface area contributed by atoms with E-state index in [4.69, 9.17) is 16.3 Å². The molecule has 0 aromatic carbocycles. The highest BCUT2D eigenvalue weighted by Crippen LogP contribution is 2.31. The molecule has 1 heterocycles. The zero-order chi connectivity index (χ0) is 13.0. The minimum absolute atomic E-state index is 0.305. The summed E-state index contributed by atoms with van der Waals surface area (Å²) < 4.78 is 6.99. The Balaban J connectivity index is 2.04. The fourth-order valence-corrected chi connectivity index (χ4v) is 3.12. The van der Waals surface area contributed by atoms with E-state index in [1.165, 1.54) is 19.3 Å². The van der Waals surface area contributed by atoms with Crippen molar-refractivity contribution >= 4 is 27.5 Å². The number of pyridine rings is 1. The molecule has 0 aliphatic heterocycles. The van der Waals surface area contributed by atoms with Crippen LogP contribution in [0.25, 0.3) is 0 Å². The molecule has 2 unspecified atom stereocenters. The Morgan fingerprint density at radius 2 is 2.33 bits per heavy atom. The molecule has 2 nitrogen and oxygen atoms in total. The number of hydrogen-bond acceptors (Lipinski definition) is 2. The molecule has 0 spiro atoms. The Morgan fingerprint density at radius 1 is 1.50 bits per heavy atom. The van der Waals surface area contributed by atoms with Crippen LogP contribution in [0.15, 0.2) is 16.7 Å². The minimum atomic E-state index is 0.305. The third-order valence-corrected chi connectivity index (χ3v) is 4.35. The second-order valence-corrected chi connectivity index (χ2v) is 6.12. The third-order valence-electron chi connectivity index (χ3n) is 3.63. The van der Waals surface area contributed by atoms with Crippen molar-refractivity contribution in [3.8, 4) is 5.88 Å². The molecule has 0 saturated heterocycles. The molecule has 100 valence electrons. The van der Waals surface area contributed by atoms with Crippen molar-refractivity contribution in [1.82, 2.24) is 4.98 Å². The van der Waals surface area contributed by atoms with Gasteiger partial charge in [-0.15, -0.1) is 11.6 Å². The molecule has 1 aromatic rings. The van der Waals surface area contributed by atoms with E-state index < -0.39 is 0 Å². The van der Waals surface area contributed by atoms with Crippen molar-refractivity contribution < 1.29 is 4.74 Å². The highest BCUT2D eigenvalue weighted by molar-refractivity contribution is 9.10. The molecule has 1 aliphatic rings. The van der Waals surface area contributed by atoms with Crippen LogP contribution in [-0.4, -0.2) is 11.1 Å². The summed E-state index contributed by atoms with van der Waals surface area (Å²) in [6.07, 6.45) is 8.20. The van der Waals surface area contributed by atoms with Crippen LogP contribution in [0.1, 0.15) is 44.6 Å². The largest absolute Gasteiger partial charge is 0.474 e. The number of rotatable bonds is 4. The zero-order valence-corrected chi connectivity index (χ0v) is 13.0. The fourth-order valence-electron chi connectivity index (χ4n) is 2.55. The lowest BCUT2D eigenvalue weighted by Crippen LogP contribution is -2.25. The lowest BCUT2D eigenvalue weighted by Gasteiger charge is -2.29. The van der Waals surface area contributed by atoms with E-state index >= 15 is 0 Å². The first-order valence-corrected chi connectivity index (χ1v) is 7.92. The number of nitrogens with zero attached hydrogens (tertiary/aromatic N) is 1. The summed E-state index contributed by atoms with van der Waals surface area (Å²) in [6, 6.07) is 1.98. The van der Waals surface area contributed by atoms with Crippen LogP contribution >= 0.6 is 27.5 Å². The van der Waals surface area contributed by atoms with Gasteiger partial charge in [-0.25, -0.2) is 4.98 Å². The van der Waals surface area contributed by atoms with Gasteiger partial charge in [0.25, 0.3) is 0 Å². The van der Waals surface area contributed by atoms with Crippen molar-refractivity contribution in [2.75, 3.05) is 0 Å². The van der Waals surface area contributed by atoms with Crippen LogP contribution in [0.2, 0.25) is 0 Å². The van der Waals surface area contributed by atoms with E-state index in [1.807, 2.05) is 6.07 Å². The van der Waals surface area contributed by atoms with Crippen LogP contribution in [0.3, 0.4) is 0 Å². The van der Waals surface area contributed by atoms with Gasteiger partial charge in [0.05, 0.1) is 5.88 Å². The van der Waals surface area contributed by atoms with Crippen molar-refractivity contribution in [2.45, 2.75) is 51.0 Å².